The molecular formula is C8H12N2O2. The van der Waals surface area contributed by atoms with E-state index in [0.717, 1.165) is 0 Å². The fourth-order valence-electron chi connectivity index (χ4n) is 0.694. The molecule has 4 nitrogen and oxygen atoms in total. The van der Waals surface area contributed by atoms with Crippen LogP contribution in [0.1, 0.15) is 0 Å². The van der Waals surface area contributed by atoms with Crippen LogP contribution in [0.3, 0.4) is 0 Å². The molecule has 0 aliphatic carbocycles. The molecule has 0 heterocycles. The molecule has 0 aliphatic heterocycles. The lowest BCUT2D eigenvalue weighted by Crippen LogP contribution is -2.39. The lowest BCUT2D eigenvalue weighted by Gasteiger charge is -2.17. The second-order valence-corrected chi connectivity index (χ2v) is 2.05. The van der Waals surface area contributed by atoms with Crippen molar-refractivity contribution >= 4 is 12.4 Å². The predicted octanol–water partition coefficient (Wildman–Crippen LogP) is 0.526. The summed E-state index contributed by atoms with van der Waals surface area (Å²) in [4.78, 5) is 22.3. The van der Waals surface area contributed by atoms with E-state index in [4.69, 9.17) is 0 Å². The molecule has 0 radical (unpaired) electrons. The number of nitrogens with one attached hydrogen (secondary N) is 1. The maximum Gasteiger partial charge on any atom is 0.324 e. The highest BCUT2D eigenvalue weighted by Crippen LogP contribution is 1.89. The predicted molar refractivity (Wildman–Crippen MR) is 46.6 cm³/mol. The second kappa shape index (κ2) is 6.15. The van der Waals surface area contributed by atoms with E-state index < -0.39 is 6.03 Å². The monoisotopic (exact) mass is 168 g/mol. The minimum absolute atomic E-state index is 0.349. The molecule has 0 aromatic carbocycles. The molecule has 0 aromatic heterocycles. The van der Waals surface area contributed by atoms with Gasteiger partial charge in [0.15, 0.2) is 0 Å². The van der Waals surface area contributed by atoms with Crippen molar-refractivity contribution < 1.29 is 9.59 Å². The SMILES string of the molecule is C=CCN(CC=C)C(=O)NC=O. The Morgan fingerprint density at radius 3 is 2.17 bits per heavy atom. The normalized spacial score (nSPS) is 8.33. The van der Waals surface area contributed by atoms with Gasteiger partial charge in [0, 0.05) is 13.1 Å². The largest absolute Gasteiger partial charge is 0.324 e. The van der Waals surface area contributed by atoms with Gasteiger partial charge in [-0.3, -0.25) is 10.1 Å². The van der Waals surface area contributed by atoms with Crippen LogP contribution in [0, 0.1) is 0 Å². The first-order valence-electron chi connectivity index (χ1n) is 3.47. The standard InChI is InChI=1S/C8H12N2O2/c1-3-5-10(6-4-2)8(12)9-7-11/h3-4,7H,1-2,5-6H2,(H,9,11,12). The highest BCUT2D eigenvalue weighted by molar-refractivity contribution is 5.84. The van der Waals surface area contributed by atoms with E-state index in [-0.39, 0.29) is 0 Å². The Kier molecular flexibility index (Phi) is 5.34. The van der Waals surface area contributed by atoms with E-state index in [1.165, 1.54) is 4.90 Å². The molecule has 0 aliphatic rings. The van der Waals surface area contributed by atoms with E-state index in [1.807, 2.05) is 5.32 Å². The van der Waals surface area contributed by atoms with Gasteiger partial charge in [0.05, 0.1) is 0 Å². The molecule has 0 rings (SSSR count). The van der Waals surface area contributed by atoms with Gasteiger partial charge in [0.2, 0.25) is 6.41 Å². The first-order chi connectivity index (χ1) is 5.76. The summed E-state index contributed by atoms with van der Waals surface area (Å²) in [7, 11) is 0. The highest BCUT2D eigenvalue weighted by atomic mass is 16.2. The molecule has 0 spiro atoms. The quantitative estimate of drug-likeness (QED) is 0.480. The summed E-state index contributed by atoms with van der Waals surface area (Å²) in [5.41, 5.74) is 0. The molecule has 3 amide bonds. The van der Waals surface area contributed by atoms with Crippen LogP contribution in [0.15, 0.2) is 25.3 Å². The van der Waals surface area contributed by atoms with Gasteiger partial charge in [0.25, 0.3) is 0 Å². The Bertz CT molecular complexity index is 179. The number of imide groups is 1. The number of urea groups is 1. The van der Waals surface area contributed by atoms with Crippen molar-refractivity contribution in [2.75, 3.05) is 13.1 Å². The molecule has 0 bridgehead atoms. The van der Waals surface area contributed by atoms with Crippen molar-refractivity contribution in [2.24, 2.45) is 0 Å². The van der Waals surface area contributed by atoms with Crippen LogP contribution in [0.5, 0.6) is 0 Å². The third-order valence-electron chi connectivity index (χ3n) is 1.17. The van der Waals surface area contributed by atoms with Crippen molar-refractivity contribution in [3.8, 4) is 0 Å². The van der Waals surface area contributed by atoms with Gasteiger partial charge >= 0.3 is 6.03 Å². The van der Waals surface area contributed by atoms with Crippen LogP contribution in [0.4, 0.5) is 4.79 Å². The van der Waals surface area contributed by atoms with Crippen molar-refractivity contribution in [1.82, 2.24) is 10.2 Å². The van der Waals surface area contributed by atoms with Crippen molar-refractivity contribution in [2.45, 2.75) is 0 Å². The Balaban J connectivity index is 4.06. The van der Waals surface area contributed by atoms with Gasteiger partial charge in [-0.05, 0) is 0 Å². The van der Waals surface area contributed by atoms with Gasteiger partial charge in [-0.1, -0.05) is 12.2 Å². The van der Waals surface area contributed by atoms with Crippen molar-refractivity contribution in [3.05, 3.63) is 25.3 Å². The summed E-state index contributed by atoms with van der Waals surface area (Å²) in [5.74, 6) is 0. The molecule has 4 heteroatoms. The number of rotatable bonds is 5. The molecule has 66 valence electrons. The van der Waals surface area contributed by atoms with E-state index in [9.17, 15) is 9.59 Å². The number of hydrogen-bond donors (Lipinski definition) is 1. The lowest BCUT2D eigenvalue weighted by molar-refractivity contribution is -0.108. The zero-order chi connectivity index (χ0) is 9.40. The first kappa shape index (κ1) is 10.4. The van der Waals surface area contributed by atoms with Crippen LogP contribution in [0.25, 0.3) is 0 Å². The maximum absolute atomic E-state index is 11.0. The Morgan fingerprint density at radius 1 is 1.33 bits per heavy atom. The minimum Gasteiger partial charge on any atom is -0.317 e. The number of amides is 3. The fraction of sp³-hybridized carbons (Fsp3) is 0.250. The molecule has 0 aromatic rings. The van der Waals surface area contributed by atoms with Crippen LogP contribution in [-0.4, -0.2) is 30.4 Å². The average molecular weight is 168 g/mol. The van der Waals surface area contributed by atoms with Gasteiger partial charge in [-0.15, -0.1) is 13.2 Å². The number of hydrogen-bond acceptors (Lipinski definition) is 2. The van der Waals surface area contributed by atoms with E-state index in [1.54, 1.807) is 12.2 Å². The number of carbonyl (C=O) groups excluding carboxylic acids is 2. The molecular weight excluding hydrogens is 156 g/mol. The number of nitrogens with zero attached hydrogens (tertiary/aromatic N) is 1. The van der Waals surface area contributed by atoms with Crippen LogP contribution in [0.2, 0.25) is 0 Å². The second-order valence-electron chi connectivity index (χ2n) is 2.05. The summed E-state index contributed by atoms with van der Waals surface area (Å²) in [5, 5.41) is 2.03. The van der Waals surface area contributed by atoms with Gasteiger partial charge in [-0.2, -0.15) is 0 Å². The molecule has 0 saturated heterocycles. The van der Waals surface area contributed by atoms with E-state index in [0.29, 0.717) is 19.5 Å². The smallest absolute Gasteiger partial charge is 0.317 e. The highest BCUT2D eigenvalue weighted by Gasteiger charge is 2.07. The Labute approximate surface area is 71.5 Å². The molecule has 12 heavy (non-hydrogen) atoms. The third-order valence-corrected chi connectivity index (χ3v) is 1.17. The zero-order valence-corrected chi connectivity index (χ0v) is 6.82. The molecule has 0 saturated carbocycles. The number of carbonyl (C=O) groups is 2. The Morgan fingerprint density at radius 2 is 1.83 bits per heavy atom. The Hall–Kier alpha value is -1.58. The van der Waals surface area contributed by atoms with Crippen LogP contribution in [-0.2, 0) is 4.79 Å². The van der Waals surface area contributed by atoms with Crippen molar-refractivity contribution in [1.29, 1.82) is 0 Å². The molecule has 0 atom stereocenters. The van der Waals surface area contributed by atoms with Crippen LogP contribution >= 0.6 is 0 Å². The zero-order valence-electron chi connectivity index (χ0n) is 6.82. The third kappa shape index (κ3) is 3.55. The van der Waals surface area contributed by atoms with E-state index >= 15 is 0 Å². The topological polar surface area (TPSA) is 49.4 Å². The molecule has 0 fully saturated rings. The summed E-state index contributed by atoms with van der Waals surface area (Å²) in [6, 6.07) is -0.440. The summed E-state index contributed by atoms with van der Waals surface area (Å²) < 4.78 is 0. The van der Waals surface area contributed by atoms with Crippen LogP contribution < -0.4 is 5.32 Å². The van der Waals surface area contributed by atoms with Gasteiger partial charge < -0.3 is 4.90 Å². The summed E-state index contributed by atoms with van der Waals surface area (Å²) in [6.07, 6.45) is 3.50. The summed E-state index contributed by atoms with van der Waals surface area (Å²) >= 11 is 0. The first-order valence-corrected chi connectivity index (χ1v) is 3.47. The average Bonchev–Trinajstić information content (AvgIpc) is 2.04. The van der Waals surface area contributed by atoms with Crippen molar-refractivity contribution in [3.63, 3.8) is 0 Å². The van der Waals surface area contributed by atoms with E-state index in [2.05, 4.69) is 13.2 Å². The molecule has 1 N–H and O–H groups in total. The summed E-state index contributed by atoms with van der Waals surface area (Å²) in [6.45, 7) is 7.75. The minimum atomic E-state index is -0.440. The van der Waals surface area contributed by atoms with Gasteiger partial charge in [0.1, 0.15) is 0 Å². The lowest BCUT2D eigenvalue weighted by atomic mass is 10.5. The fourth-order valence-corrected chi connectivity index (χ4v) is 0.694. The molecule has 0 unspecified atom stereocenters. The van der Waals surface area contributed by atoms with Gasteiger partial charge in [-0.25, -0.2) is 4.79 Å². The maximum atomic E-state index is 11.0.